The van der Waals surface area contributed by atoms with Crippen molar-refractivity contribution >= 4 is 22.8 Å². The monoisotopic (exact) mass is 401 g/mol. The van der Waals surface area contributed by atoms with Gasteiger partial charge < -0.3 is 24.5 Å². The van der Waals surface area contributed by atoms with Crippen LogP contribution in [-0.2, 0) is 4.79 Å². The number of likely N-dealkylation sites (N-methyl/N-ethyl adjacent to an activating group) is 1. The number of rotatable bonds is 6. The van der Waals surface area contributed by atoms with E-state index in [0.29, 0.717) is 12.3 Å². The van der Waals surface area contributed by atoms with Gasteiger partial charge in [-0.1, -0.05) is 5.16 Å². The average molecular weight is 402 g/mol. The van der Waals surface area contributed by atoms with Crippen molar-refractivity contribution < 1.29 is 9.32 Å². The first kappa shape index (κ1) is 20.0. The molecular weight excluding hydrogens is 370 g/mol. The fourth-order valence-electron chi connectivity index (χ4n) is 4.26. The van der Waals surface area contributed by atoms with Gasteiger partial charge >= 0.3 is 0 Å². The quantitative estimate of drug-likeness (QED) is 0.714. The van der Waals surface area contributed by atoms with Crippen molar-refractivity contribution in [3.8, 4) is 0 Å². The number of hydrogen-bond acceptors (Lipinski definition) is 8. The maximum absolute atomic E-state index is 12.7. The maximum atomic E-state index is 12.7. The molecule has 2 fully saturated rings. The number of piperidine rings is 1. The lowest BCUT2D eigenvalue weighted by Gasteiger charge is -2.33. The lowest BCUT2D eigenvalue weighted by molar-refractivity contribution is -0.125. The molecule has 0 unspecified atom stereocenters. The standard InChI is InChI=1S/C20H31N7O2/c1-15-17-18(22-14-23-20(17)29-24-15)27-8-3-5-16(13-27)19(28)21-6-4-7-26-11-9-25(2)10-12-26/h14,16H,3-13H2,1-2H3,(H,21,28)/t16-/m1/s1. The number of carbonyl (C=O) groups is 1. The molecule has 2 saturated heterocycles. The molecule has 4 heterocycles. The van der Waals surface area contributed by atoms with Gasteiger partial charge in [0.2, 0.25) is 5.91 Å². The van der Waals surface area contributed by atoms with Gasteiger partial charge in [-0.3, -0.25) is 4.79 Å². The van der Waals surface area contributed by atoms with Crippen molar-refractivity contribution in [3.05, 3.63) is 12.0 Å². The van der Waals surface area contributed by atoms with E-state index in [1.165, 1.54) is 6.33 Å². The Morgan fingerprint density at radius 2 is 2.07 bits per heavy atom. The van der Waals surface area contributed by atoms with E-state index in [2.05, 4.69) is 42.2 Å². The summed E-state index contributed by atoms with van der Waals surface area (Å²) in [6, 6.07) is 0. The van der Waals surface area contributed by atoms with Gasteiger partial charge in [0.1, 0.15) is 17.5 Å². The molecule has 1 atom stereocenters. The summed E-state index contributed by atoms with van der Waals surface area (Å²) >= 11 is 0. The summed E-state index contributed by atoms with van der Waals surface area (Å²) in [5, 5.41) is 8.01. The summed E-state index contributed by atoms with van der Waals surface area (Å²) in [6.45, 7) is 9.74. The summed E-state index contributed by atoms with van der Waals surface area (Å²) in [7, 11) is 2.17. The molecule has 0 spiro atoms. The molecule has 2 aromatic rings. The minimum Gasteiger partial charge on any atom is -0.356 e. The third-order valence-electron chi connectivity index (χ3n) is 6.06. The predicted octanol–water partition coefficient (Wildman–Crippen LogP) is 0.896. The lowest BCUT2D eigenvalue weighted by Crippen LogP contribution is -2.46. The first-order valence-electron chi connectivity index (χ1n) is 10.6. The van der Waals surface area contributed by atoms with E-state index < -0.39 is 0 Å². The Balaban J connectivity index is 1.28. The summed E-state index contributed by atoms with van der Waals surface area (Å²) in [5.41, 5.74) is 1.29. The molecular formula is C20H31N7O2. The largest absolute Gasteiger partial charge is 0.356 e. The minimum absolute atomic E-state index is 0.0161. The van der Waals surface area contributed by atoms with E-state index in [9.17, 15) is 4.79 Å². The molecule has 0 radical (unpaired) electrons. The minimum atomic E-state index is -0.0161. The second-order valence-corrected chi connectivity index (χ2v) is 8.22. The van der Waals surface area contributed by atoms with Crippen molar-refractivity contribution in [2.24, 2.45) is 5.92 Å². The van der Waals surface area contributed by atoms with Crippen molar-refractivity contribution in [2.75, 3.05) is 64.3 Å². The van der Waals surface area contributed by atoms with Gasteiger partial charge in [0.25, 0.3) is 5.71 Å². The highest BCUT2D eigenvalue weighted by Crippen LogP contribution is 2.29. The smallest absolute Gasteiger partial charge is 0.263 e. The van der Waals surface area contributed by atoms with E-state index in [4.69, 9.17) is 4.52 Å². The Hall–Kier alpha value is -2.26. The number of aryl methyl sites for hydroxylation is 1. The molecule has 4 rings (SSSR count). The zero-order chi connectivity index (χ0) is 20.2. The molecule has 1 amide bonds. The van der Waals surface area contributed by atoms with Gasteiger partial charge in [-0.05, 0) is 39.8 Å². The normalized spacial score (nSPS) is 21.6. The maximum Gasteiger partial charge on any atom is 0.263 e. The third-order valence-corrected chi connectivity index (χ3v) is 6.06. The lowest BCUT2D eigenvalue weighted by atomic mass is 9.97. The van der Waals surface area contributed by atoms with Crippen LogP contribution < -0.4 is 10.2 Å². The SMILES string of the molecule is Cc1noc2ncnc(N3CCC[C@@H](C(=O)NCCCN4CCN(C)CC4)C3)c12. The van der Waals surface area contributed by atoms with Gasteiger partial charge in [-0.2, -0.15) is 4.98 Å². The van der Waals surface area contributed by atoms with Crippen LogP contribution in [0.3, 0.4) is 0 Å². The van der Waals surface area contributed by atoms with Crippen molar-refractivity contribution in [2.45, 2.75) is 26.2 Å². The first-order chi connectivity index (χ1) is 14.1. The zero-order valence-corrected chi connectivity index (χ0v) is 17.4. The Morgan fingerprint density at radius 1 is 1.24 bits per heavy atom. The third kappa shape index (κ3) is 4.67. The summed E-state index contributed by atoms with van der Waals surface area (Å²) < 4.78 is 5.26. The Kier molecular flexibility index (Phi) is 6.25. The van der Waals surface area contributed by atoms with Crippen molar-refractivity contribution in [1.29, 1.82) is 0 Å². The van der Waals surface area contributed by atoms with E-state index >= 15 is 0 Å². The predicted molar refractivity (Wildman–Crippen MR) is 111 cm³/mol. The summed E-state index contributed by atoms with van der Waals surface area (Å²) in [5.74, 6) is 0.958. The van der Waals surface area contributed by atoms with Crippen LogP contribution in [0.2, 0.25) is 0 Å². The molecule has 0 aromatic carbocycles. The van der Waals surface area contributed by atoms with Crippen LogP contribution in [0, 0.1) is 12.8 Å². The van der Waals surface area contributed by atoms with Crippen LogP contribution >= 0.6 is 0 Å². The Morgan fingerprint density at radius 3 is 2.90 bits per heavy atom. The van der Waals surface area contributed by atoms with Crippen LogP contribution in [0.25, 0.3) is 11.1 Å². The number of carbonyl (C=O) groups excluding carboxylic acids is 1. The number of aromatic nitrogens is 3. The number of nitrogens with one attached hydrogen (secondary N) is 1. The van der Waals surface area contributed by atoms with Gasteiger partial charge in [-0.25, -0.2) is 4.98 Å². The van der Waals surface area contributed by atoms with Crippen LogP contribution in [0.1, 0.15) is 25.0 Å². The number of amides is 1. The molecule has 1 N–H and O–H groups in total. The van der Waals surface area contributed by atoms with Crippen molar-refractivity contribution in [1.82, 2.24) is 30.2 Å². The summed E-state index contributed by atoms with van der Waals surface area (Å²) in [4.78, 5) is 28.4. The first-order valence-corrected chi connectivity index (χ1v) is 10.6. The molecule has 158 valence electrons. The number of anilines is 1. The molecule has 0 saturated carbocycles. The number of fused-ring (bicyclic) bond motifs is 1. The van der Waals surface area contributed by atoms with E-state index in [0.717, 1.165) is 82.0 Å². The van der Waals surface area contributed by atoms with Gasteiger partial charge in [-0.15, -0.1) is 0 Å². The Labute approximate surface area is 171 Å². The highest BCUT2D eigenvalue weighted by Gasteiger charge is 2.28. The molecule has 2 aromatic heterocycles. The van der Waals surface area contributed by atoms with Gasteiger partial charge in [0.05, 0.1) is 11.6 Å². The second-order valence-electron chi connectivity index (χ2n) is 8.22. The number of hydrogen-bond donors (Lipinski definition) is 1. The number of nitrogens with zero attached hydrogens (tertiary/aromatic N) is 6. The topological polar surface area (TPSA) is 90.6 Å². The zero-order valence-electron chi connectivity index (χ0n) is 17.4. The molecule has 2 aliphatic heterocycles. The summed E-state index contributed by atoms with van der Waals surface area (Å²) in [6.07, 6.45) is 4.38. The second kappa shape index (κ2) is 9.04. The molecule has 2 aliphatic rings. The van der Waals surface area contributed by atoms with Crippen LogP contribution in [0.15, 0.2) is 10.9 Å². The molecule has 0 aliphatic carbocycles. The molecule has 9 heteroatoms. The highest BCUT2D eigenvalue weighted by molar-refractivity contribution is 5.88. The Bertz CT molecular complexity index is 831. The molecule has 29 heavy (non-hydrogen) atoms. The van der Waals surface area contributed by atoms with E-state index in [1.54, 1.807) is 0 Å². The van der Waals surface area contributed by atoms with Crippen LogP contribution in [0.4, 0.5) is 5.82 Å². The molecule has 0 bridgehead atoms. The highest BCUT2D eigenvalue weighted by atomic mass is 16.5. The number of piperazine rings is 1. The average Bonchev–Trinajstić information content (AvgIpc) is 3.13. The van der Waals surface area contributed by atoms with Gasteiger partial charge in [0.15, 0.2) is 0 Å². The van der Waals surface area contributed by atoms with Crippen molar-refractivity contribution in [3.63, 3.8) is 0 Å². The fourth-order valence-corrected chi connectivity index (χ4v) is 4.26. The van der Waals surface area contributed by atoms with E-state index in [1.807, 2.05) is 6.92 Å². The fraction of sp³-hybridized carbons (Fsp3) is 0.700. The van der Waals surface area contributed by atoms with E-state index in [-0.39, 0.29) is 11.8 Å². The molecule has 9 nitrogen and oxygen atoms in total. The van der Waals surface area contributed by atoms with Crippen LogP contribution in [0.5, 0.6) is 0 Å². The van der Waals surface area contributed by atoms with Gasteiger partial charge in [0, 0.05) is 45.8 Å². The van der Waals surface area contributed by atoms with Crippen LogP contribution in [-0.4, -0.2) is 90.2 Å².